The molecule has 0 N–H and O–H groups in total. The predicted molar refractivity (Wildman–Crippen MR) is 108 cm³/mol. The largest absolute Gasteiger partial charge is 0.103 e. The fourth-order valence-electron chi connectivity index (χ4n) is 6.76. The molecule has 0 aromatic rings. The summed E-state index contributed by atoms with van der Waals surface area (Å²) in [4.78, 5) is 0. The van der Waals surface area contributed by atoms with Crippen molar-refractivity contribution < 1.29 is 1.43 Å². The minimum atomic E-state index is 0. The van der Waals surface area contributed by atoms with Crippen molar-refractivity contribution in [3.05, 3.63) is 35.5 Å². The van der Waals surface area contributed by atoms with E-state index in [1.54, 1.807) is 5.57 Å². The Morgan fingerprint density at radius 2 is 1.96 bits per heavy atom. The van der Waals surface area contributed by atoms with Crippen LogP contribution in [0.15, 0.2) is 35.5 Å². The molecular formula is C24H40. The first kappa shape index (κ1) is 18.0. The van der Waals surface area contributed by atoms with Crippen LogP contribution in [0.25, 0.3) is 0 Å². The van der Waals surface area contributed by atoms with Gasteiger partial charge in [0, 0.05) is 1.43 Å². The molecule has 0 bridgehead atoms. The minimum Gasteiger partial charge on any atom is -0.103 e. The smallest absolute Gasteiger partial charge is 0 e. The van der Waals surface area contributed by atoms with Gasteiger partial charge in [-0.25, -0.2) is 0 Å². The van der Waals surface area contributed by atoms with Crippen molar-refractivity contribution in [3.63, 3.8) is 0 Å². The van der Waals surface area contributed by atoms with Gasteiger partial charge in [-0.1, -0.05) is 45.4 Å². The second kappa shape index (κ2) is 6.85. The third kappa shape index (κ3) is 2.39. The van der Waals surface area contributed by atoms with Gasteiger partial charge in [0.2, 0.25) is 0 Å². The van der Waals surface area contributed by atoms with Gasteiger partial charge in [0.1, 0.15) is 0 Å². The molecule has 4 rings (SSSR count). The first-order chi connectivity index (χ1) is 11.6. The highest BCUT2D eigenvalue weighted by Gasteiger charge is 2.58. The van der Waals surface area contributed by atoms with E-state index in [1.807, 2.05) is 25.0 Å². The highest BCUT2D eigenvalue weighted by atomic mass is 14.6. The van der Waals surface area contributed by atoms with Gasteiger partial charge in [-0.2, -0.15) is 0 Å². The SMILES string of the molecule is C=C[C@@]1(CC)CCC2C3CCC4=C(CCCC4)C3=CCC21C.CC.[HH]. The molecule has 0 heteroatoms. The van der Waals surface area contributed by atoms with E-state index >= 15 is 0 Å². The van der Waals surface area contributed by atoms with Crippen LogP contribution in [0.3, 0.4) is 0 Å². The van der Waals surface area contributed by atoms with Gasteiger partial charge in [-0.15, -0.1) is 6.58 Å². The molecule has 136 valence electrons. The van der Waals surface area contributed by atoms with Crippen molar-refractivity contribution in [2.75, 3.05) is 0 Å². The van der Waals surface area contributed by atoms with Crippen LogP contribution < -0.4 is 0 Å². The fraction of sp³-hybridized carbons (Fsp3) is 0.750. The molecule has 4 aliphatic carbocycles. The molecule has 4 aliphatic rings. The van der Waals surface area contributed by atoms with E-state index < -0.39 is 0 Å². The molecule has 3 unspecified atom stereocenters. The highest BCUT2D eigenvalue weighted by molar-refractivity contribution is 5.44. The quantitative estimate of drug-likeness (QED) is 0.452. The first-order valence-corrected chi connectivity index (χ1v) is 10.7. The summed E-state index contributed by atoms with van der Waals surface area (Å²) in [6.45, 7) is 13.2. The summed E-state index contributed by atoms with van der Waals surface area (Å²) >= 11 is 0. The topological polar surface area (TPSA) is 0 Å². The van der Waals surface area contributed by atoms with Crippen LogP contribution in [0.2, 0.25) is 0 Å². The van der Waals surface area contributed by atoms with Gasteiger partial charge in [0.25, 0.3) is 0 Å². The Morgan fingerprint density at radius 1 is 1.21 bits per heavy atom. The summed E-state index contributed by atoms with van der Waals surface area (Å²) in [7, 11) is 0. The molecule has 0 nitrogen and oxygen atoms in total. The average molecular weight is 329 g/mol. The van der Waals surface area contributed by atoms with E-state index in [9.17, 15) is 0 Å². The molecule has 0 spiro atoms. The normalized spacial score (nSPS) is 40.6. The molecule has 24 heavy (non-hydrogen) atoms. The molecule has 1 fully saturated rings. The van der Waals surface area contributed by atoms with Gasteiger partial charge in [0.05, 0.1) is 0 Å². The molecule has 0 amide bonds. The van der Waals surface area contributed by atoms with E-state index in [-0.39, 0.29) is 1.43 Å². The molecule has 0 saturated heterocycles. The molecule has 0 radical (unpaired) electrons. The van der Waals surface area contributed by atoms with Crippen LogP contribution in [-0.2, 0) is 0 Å². The Morgan fingerprint density at radius 3 is 2.67 bits per heavy atom. The lowest BCUT2D eigenvalue weighted by Crippen LogP contribution is -2.43. The monoisotopic (exact) mass is 328 g/mol. The Bertz CT molecular complexity index is 554. The van der Waals surface area contributed by atoms with Crippen LogP contribution >= 0.6 is 0 Å². The summed E-state index contributed by atoms with van der Waals surface area (Å²) < 4.78 is 0. The Balaban J connectivity index is 0.000000726. The predicted octanol–water partition coefficient (Wildman–Crippen LogP) is 7.87. The Labute approximate surface area is 152 Å². The maximum absolute atomic E-state index is 4.26. The molecule has 0 aliphatic heterocycles. The van der Waals surface area contributed by atoms with Crippen molar-refractivity contribution in [1.29, 1.82) is 0 Å². The molecule has 1 saturated carbocycles. The second-order valence-electron chi connectivity index (χ2n) is 8.57. The fourth-order valence-corrected chi connectivity index (χ4v) is 6.76. The maximum atomic E-state index is 4.26. The van der Waals surface area contributed by atoms with E-state index in [1.165, 1.54) is 64.2 Å². The Hall–Kier alpha value is -0.780. The van der Waals surface area contributed by atoms with Crippen LogP contribution in [0.4, 0.5) is 0 Å². The molecule has 0 heterocycles. The van der Waals surface area contributed by atoms with Gasteiger partial charge in [-0.05, 0) is 98.0 Å². The zero-order valence-electron chi connectivity index (χ0n) is 16.6. The number of fused-ring (bicyclic) bond motifs is 4. The molecule has 0 aromatic heterocycles. The van der Waals surface area contributed by atoms with Crippen molar-refractivity contribution >= 4 is 0 Å². The first-order valence-electron chi connectivity index (χ1n) is 10.7. The van der Waals surface area contributed by atoms with E-state index in [4.69, 9.17) is 0 Å². The van der Waals surface area contributed by atoms with E-state index in [2.05, 4.69) is 32.6 Å². The van der Waals surface area contributed by atoms with Gasteiger partial charge < -0.3 is 0 Å². The van der Waals surface area contributed by atoms with Crippen molar-refractivity contribution in [2.24, 2.45) is 22.7 Å². The maximum Gasteiger partial charge on any atom is 0 e. The summed E-state index contributed by atoms with van der Waals surface area (Å²) in [6.07, 6.45) is 18.9. The van der Waals surface area contributed by atoms with Crippen molar-refractivity contribution in [2.45, 2.75) is 91.9 Å². The van der Waals surface area contributed by atoms with Crippen molar-refractivity contribution in [3.8, 4) is 0 Å². The number of hydrogen-bond acceptors (Lipinski definition) is 0. The zero-order valence-corrected chi connectivity index (χ0v) is 16.6. The van der Waals surface area contributed by atoms with E-state index in [0.717, 1.165) is 11.8 Å². The van der Waals surface area contributed by atoms with Crippen LogP contribution in [0, 0.1) is 22.7 Å². The second-order valence-corrected chi connectivity index (χ2v) is 8.57. The standard InChI is InChI=1S/C22H32.C2H6.H2/c1-4-22(5-2)15-13-20-19-11-10-16-8-6-7-9-17(16)18(19)12-14-21(20,22)3;1-2;/h4,12,19-20H,1,5-11,13-15H2,2-3H3;1-2H3;1H/t19?,20?,21?,22-;;/m1../s1. The number of rotatable bonds is 2. The molecule has 0 aromatic carbocycles. The minimum absolute atomic E-state index is 0. The number of hydrogen-bond donors (Lipinski definition) is 0. The van der Waals surface area contributed by atoms with Crippen molar-refractivity contribution in [1.82, 2.24) is 0 Å². The summed E-state index contributed by atoms with van der Waals surface area (Å²) in [5.74, 6) is 1.77. The van der Waals surface area contributed by atoms with Crippen LogP contribution in [-0.4, -0.2) is 0 Å². The van der Waals surface area contributed by atoms with Crippen LogP contribution in [0.5, 0.6) is 0 Å². The van der Waals surface area contributed by atoms with Gasteiger partial charge in [-0.3, -0.25) is 0 Å². The van der Waals surface area contributed by atoms with Gasteiger partial charge >= 0.3 is 0 Å². The van der Waals surface area contributed by atoms with Crippen LogP contribution in [0.1, 0.15) is 93.3 Å². The Kier molecular flexibility index (Phi) is 5.14. The zero-order chi connectivity index (χ0) is 17.4. The summed E-state index contributed by atoms with van der Waals surface area (Å²) in [5, 5.41) is 0. The number of allylic oxidation sites excluding steroid dienone is 5. The van der Waals surface area contributed by atoms with E-state index in [0.29, 0.717) is 10.8 Å². The highest BCUT2D eigenvalue weighted by Crippen LogP contribution is 2.67. The third-order valence-electron chi connectivity index (χ3n) is 8.20. The molecule has 4 atom stereocenters. The lowest BCUT2D eigenvalue weighted by molar-refractivity contribution is 0.0558. The van der Waals surface area contributed by atoms with Gasteiger partial charge in [0.15, 0.2) is 0 Å². The average Bonchev–Trinajstić information content (AvgIpc) is 2.96. The molecular weight excluding hydrogens is 288 g/mol. The lowest BCUT2D eigenvalue weighted by atomic mass is 9.53. The summed E-state index contributed by atoms with van der Waals surface area (Å²) in [5.41, 5.74) is 6.31. The third-order valence-corrected chi connectivity index (χ3v) is 8.20. The summed E-state index contributed by atoms with van der Waals surface area (Å²) in [6, 6.07) is 0. The lowest BCUT2D eigenvalue weighted by Gasteiger charge is -2.51.